The molecule has 5 aromatic rings. The molecule has 0 aromatic heterocycles. The van der Waals surface area contributed by atoms with Gasteiger partial charge in [-0.2, -0.15) is 0 Å². The lowest BCUT2D eigenvalue weighted by Crippen LogP contribution is -1.96. The van der Waals surface area contributed by atoms with E-state index in [1.807, 2.05) is 12.1 Å². The van der Waals surface area contributed by atoms with Gasteiger partial charge in [0.1, 0.15) is 0 Å². The average Bonchev–Trinajstić information content (AvgIpc) is 2.82. The second-order valence-electron chi connectivity index (χ2n) is 7.25. The van der Waals surface area contributed by atoms with Crippen LogP contribution in [0.5, 0.6) is 11.5 Å². The molecule has 0 fully saturated rings. The van der Waals surface area contributed by atoms with Crippen molar-refractivity contribution >= 4 is 21.5 Å². The van der Waals surface area contributed by atoms with E-state index in [9.17, 15) is 0 Å². The largest absolute Gasteiger partial charge is 0.493 e. The lowest BCUT2D eigenvalue weighted by atomic mass is 9.85. The first-order valence-corrected chi connectivity index (χ1v) is 10.0. The Morgan fingerprint density at radius 2 is 1.00 bits per heavy atom. The van der Waals surface area contributed by atoms with Crippen LogP contribution in [0, 0.1) is 0 Å². The fourth-order valence-electron chi connectivity index (χ4n) is 4.40. The summed E-state index contributed by atoms with van der Waals surface area (Å²) >= 11 is 0. The molecule has 0 saturated heterocycles. The van der Waals surface area contributed by atoms with Crippen molar-refractivity contribution in [3.05, 3.63) is 97.1 Å². The summed E-state index contributed by atoms with van der Waals surface area (Å²) < 4.78 is 11.6. The third kappa shape index (κ3) is 2.81. The highest BCUT2D eigenvalue weighted by Gasteiger charge is 2.21. The van der Waals surface area contributed by atoms with Crippen LogP contribution in [-0.4, -0.2) is 14.2 Å². The van der Waals surface area contributed by atoms with Crippen molar-refractivity contribution in [2.24, 2.45) is 0 Å². The monoisotopic (exact) mass is 390 g/mol. The lowest BCUT2D eigenvalue weighted by Gasteiger charge is -2.20. The standard InChI is InChI=1S/C28H22O2/c1-29-24-18-17-23-25(19-11-5-3-6-12-19)21-15-9-10-16-22(21)26(27(23)28(24)30-2)20-13-7-4-8-14-20/h3-18H,1-2H3. The van der Waals surface area contributed by atoms with Crippen molar-refractivity contribution < 1.29 is 9.47 Å². The zero-order valence-electron chi connectivity index (χ0n) is 17.1. The van der Waals surface area contributed by atoms with Gasteiger partial charge in [-0.1, -0.05) is 84.9 Å². The van der Waals surface area contributed by atoms with Gasteiger partial charge < -0.3 is 9.47 Å². The van der Waals surface area contributed by atoms with Crippen LogP contribution in [0.4, 0.5) is 0 Å². The Balaban J connectivity index is 2.08. The SMILES string of the molecule is COc1ccc2c(-c3ccccc3)c3ccccc3c(-c3ccccc3)c2c1OC. The predicted molar refractivity (Wildman–Crippen MR) is 125 cm³/mol. The molecule has 0 radical (unpaired) electrons. The summed E-state index contributed by atoms with van der Waals surface area (Å²) in [5, 5.41) is 4.64. The van der Waals surface area contributed by atoms with Crippen LogP contribution in [0.15, 0.2) is 97.1 Å². The normalized spacial score (nSPS) is 11.0. The van der Waals surface area contributed by atoms with E-state index in [0.717, 1.165) is 33.4 Å². The smallest absolute Gasteiger partial charge is 0.169 e. The molecule has 0 heterocycles. The predicted octanol–water partition coefficient (Wildman–Crippen LogP) is 7.34. The fraction of sp³-hybridized carbons (Fsp3) is 0.0714. The molecule has 0 unspecified atom stereocenters. The van der Waals surface area contributed by atoms with Gasteiger partial charge in [0.2, 0.25) is 0 Å². The molecule has 146 valence electrons. The molecule has 30 heavy (non-hydrogen) atoms. The average molecular weight is 390 g/mol. The number of hydrogen-bond donors (Lipinski definition) is 0. The molecular formula is C28H22O2. The van der Waals surface area contributed by atoms with E-state index in [1.165, 1.54) is 21.9 Å². The zero-order chi connectivity index (χ0) is 20.5. The van der Waals surface area contributed by atoms with Crippen LogP contribution in [0.1, 0.15) is 0 Å². The van der Waals surface area contributed by atoms with Crippen LogP contribution in [-0.2, 0) is 0 Å². The molecule has 0 aliphatic rings. The maximum atomic E-state index is 5.93. The van der Waals surface area contributed by atoms with Crippen molar-refractivity contribution in [1.29, 1.82) is 0 Å². The summed E-state index contributed by atoms with van der Waals surface area (Å²) in [5.74, 6) is 1.49. The minimum Gasteiger partial charge on any atom is -0.493 e. The number of ether oxygens (including phenoxy) is 2. The van der Waals surface area contributed by atoms with E-state index >= 15 is 0 Å². The molecular weight excluding hydrogens is 368 g/mol. The van der Waals surface area contributed by atoms with Crippen LogP contribution in [0.2, 0.25) is 0 Å². The van der Waals surface area contributed by atoms with Crippen molar-refractivity contribution in [2.75, 3.05) is 14.2 Å². The van der Waals surface area contributed by atoms with Crippen LogP contribution in [0.25, 0.3) is 43.8 Å². The molecule has 0 aliphatic heterocycles. The first-order valence-electron chi connectivity index (χ1n) is 10.0. The third-order valence-electron chi connectivity index (χ3n) is 5.66. The summed E-state index contributed by atoms with van der Waals surface area (Å²) in [6.07, 6.45) is 0. The second-order valence-corrected chi connectivity index (χ2v) is 7.25. The molecule has 5 rings (SSSR count). The Hall–Kier alpha value is -3.78. The van der Waals surface area contributed by atoms with E-state index in [1.54, 1.807) is 14.2 Å². The molecule has 0 bridgehead atoms. The van der Waals surface area contributed by atoms with Crippen LogP contribution >= 0.6 is 0 Å². The highest BCUT2D eigenvalue weighted by atomic mass is 16.5. The van der Waals surface area contributed by atoms with E-state index in [2.05, 4.69) is 84.9 Å². The molecule has 0 spiro atoms. The number of fused-ring (bicyclic) bond motifs is 2. The van der Waals surface area contributed by atoms with Crippen molar-refractivity contribution in [1.82, 2.24) is 0 Å². The van der Waals surface area contributed by atoms with Gasteiger partial charge in [0, 0.05) is 10.9 Å². The summed E-state index contributed by atoms with van der Waals surface area (Å²) in [6.45, 7) is 0. The van der Waals surface area contributed by atoms with E-state index < -0.39 is 0 Å². The number of methoxy groups -OCH3 is 2. The zero-order valence-corrected chi connectivity index (χ0v) is 17.1. The van der Waals surface area contributed by atoms with Gasteiger partial charge in [-0.05, 0) is 45.0 Å². The Morgan fingerprint density at radius 3 is 1.57 bits per heavy atom. The quantitative estimate of drug-likeness (QED) is 0.299. The minimum atomic E-state index is 0.733. The Kier molecular flexibility index (Phi) is 4.61. The molecule has 0 aliphatic carbocycles. The molecule has 0 amide bonds. The van der Waals surface area contributed by atoms with Crippen molar-refractivity contribution in [2.45, 2.75) is 0 Å². The molecule has 0 atom stereocenters. The molecule has 0 N–H and O–H groups in total. The maximum Gasteiger partial charge on any atom is 0.169 e. The van der Waals surface area contributed by atoms with Gasteiger partial charge in [0.15, 0.2) is 11.5 Å². The Labute approximate surface area is 176 Å². The van der Waals surface area contributed by atoms with Crippen molar-refractivity contribution in [3.63, 3.8) is 0 Å². The highest BCUT2D eigenvalue weighted by molar-refractivity contribution is 6.23. The van der Waals surface area contributed by atoms with Crippen LogP contribution in [0.3, 0.4) is 0 Å². The van der Waals surface area contributed by atoms with E-state index in [-0.39, 0.29) is 0 Å². The van der Waals surface area contributed by atoms with Gasteiger partial charge >= 0.3 is 0 Å². The fourth-order valence-corrected chi connectivity index (χ4v) is 4.40. The number of hydrogen-bond acceptors (Lipinski definition) is 2. The maximum absolute atomic E-state index is 5.93. The topological polar surface area (TPSA) is 18.5 Å². The van der Waals surface area contributed by atoms with E-state index in [0.29, 0.717) is 0 Å². The van der Waals surface area contributed by atoms with Gasteiger partial charge in [-0.15, -0.1) is 0 Å². The molecule has 5 aromatic carbocycles. The van der Waals surface area contributed by atoms with Gasteiger partial charge in [0.25, 0.3) is 0 Å². The second kappa shape index (κ2) is 7.57. The highest BCUT2D eigenvalue weighted by Crippen LogP contribution is 2.49. The van der Waals surface area contributed by atoms with Crippen LogP contribution < -0.4 is 9.47 Å². The molecule has 2 nitrogen and oxygen atoms in total. The van der Waals surface area contributed by atoms with E-state index in [4.69, 9.17) is 9.47 Å². The van der Waals surface area contributed by atoms with Gasteiger partial charge in [-0.25, -0.2) is 0 Å². The first kappa shape index (κ1) is 18.3. The summed E-state index contributed by atoms with van der Waals surface area (Å²) in [5.41, 5.74) is 4.72. The Bertz CT molecular complexity index is 1340. The molecule has 0 saturated carbocycles. The summed E-state index contributed by atoms with van der Waals surface area (Å²) in [4.78, 5) is 0. The minimum absolute atomic E-state index is 0.733. The Morgan fingerprint density at radius 1 is 0.467 bits per heavy atom. The summed E-state index contributed by atoms with van der Waals surface area (Å²) in [6, 6.07) is 33.8. The summed E-state index contributed by atoms with van der Waals surface area (Å²) in [7, 11) is 3.40. The first-order chi connectivity index (χ1) is 14.8. The third-order valence-corrected chi connectivity index (χ3v) is 5.66. The van der Waals surface area contributed by atoms with Gasteiger partial charge in [-0.3, -0.25) is 0 Å². The van der Waals surface area contributed by atoms with Gasteiger partial charge in [0.05, 0.1) is 14.2 Å². The number of rotatable bonds is 4. The number of benzene rings is 5. The van der Waals surface area contributed by atoms with Crippen molar-refractivity contribution in [3.8, 4) is 33.8 Å². The molecule has 2 heteroatoms. The lowest BCUT2D eigenvalue weighted by molar-refractivity contribution is 0.358.